The molecule has 0 aliphatic carbocycles. The van der Waals surface area contributed by atoms with Crippen molar-refractivity contribution in [3.63, 3.8) is 0 Å². The Hall–Kier alpha value is -0.350. The zero-order valence-electron chi connectivity index (χ0n) is 8.41. The predicted molar refractivity (Wildman–Crippen MR) is 55.4 cm³/mol. The molecule has 0 radical (unpaired) electrons. The maximum atomic E-state index is 12.3. The molecule has 0 aromatic rings. The number of esters is 1. The van der Waals surface area contributed by atoms with E-state index in [9.17, 15) is 26.4 Å². The molecule has 0 spiro atoms. The first-order valence-corrected chi connectivity index (χ1v) is 7.06. The second-order valence-corrected chi connectivity index (χ2v) is 5.35. The summed E-state index contributed by atoms with van der Waals surface area (Å²) in [5.74, 6) is -2.87. The summed E-state index contributed by atoms with van der Waals surface area (Å²) in [5.41, 5.74) is 0. The van der Waals surface area contributed by atoms with Crippen molar-refractivity contribution < 1.29 is 35.7 Å². The molecule has 1 atom stereocenters. The van der Waals surface area contributed by atoms with E-state index in [4.69, 9.17) is 4.55 Å². The van der Waals surface area contributed by atoms with Gasteiger partial charge in [-0.3, -0.25) is 9.35 Å². The van der Waals surface area contributed by atoms with Crippen molar-refractivity contribution in [3.05, 3.63) is 0 Å². The Labute approximate surface area is 104 Å². The normalized spacial score (nSPS) is 14.4. The van der Waals surface area contributed by atoms with E-state index in [0.717, 1.165) is 0 Å². The molecule has 0 saturated carbocycles. The maximum Gasteiger partial charge on any atom is 0.426 e. The van der Waals surface area contributed by atoms with Crippen LogP contribution in [0.2, 0.25) is 0 Å². The summed E-state index contributed by atoms with van der Waals surface area (Å²) in [6.45, 7) is 0. The quantitative estimate of drug-likeness (QED) is 0.449. The molecular formula is C7H10BrF3O5S. The van der Waals surface area contributed by atoms with E-state index < -0.39 is 34.1 Å². The molecule has 0 saturated heterocycles. The Kier molecular flexibility index (Phi) is 6.41. The SMILES string of the molecule is O=C(CCCBr)OC(CS(=O)(=O)O)C(F)(F)F. The van der Waals surface area contributed by atoms with E-state index in [1.807, 2.05) is 0 Å². The van der Waals surface area contributed by atoms with Crippen LogP contribution >= 0.6 is 15.9 Å². The minimum atomic E-state index is -5.04. The molecule has 1 unspecified atom stereocenters. The van der Waals surface area contributed by atoms with Gasteiger partial charge in [-0.2, -0.15) is 21.6 Å². The molecular weight excluding hydrogens is 333 g/mol. The lowest BCUT2D eigenvalue weighted by molar-refractivity contribution is -0.215. The van der Waals surface area contributed by atoms with Gasteiger partial charge in [0.15, 0.2) is 0 Å². The topological polar surface area (TPSA) is 80.7 Å². The molecule has 0 aliphatic heterocycles. The van der Waals surface area contributed by atoms with Crippen LogP contribution in [0.25, 0.3) is 0 Å². The molecule has 10 heteroatoms. The molecule has 0 aromatic carbocycles. The number of ether oxygens (including phenoxy) is 1. The summed E-state index contributed by atoms with van der Waals surface area (Å²) >= 11 is 2.97. The van der Waals surface area contributed by atoms with Crippen molar-refractivity contribution >= 4 is 32.0 Å². The predicted octanol–water partition coefficient (Wildman–Crippen LogP) is 1.52. The van der Waals surface area contributed by atoms with Crippen LogP contribution in [0.15, 0.2) is 0 Å². The largest absolute Gasteiger partial charge is 0.451 e. The monoisotopic (exact) mass is 342 g/mol. The van der Waals surface area contributed by atoms with E-state index in [2.05, 4.69) is 20.7 Å². The smallest absolute Gasteiger partial charge is 0.426 e. The van der Waals surface area contributed by atoms with Crippen LogP contribution in [0.3, 0.4) is 0 Å². The fourth-order valence-corrected chi connectivity index (χ4v) is 1.74. The summed E-state index contributed by atoms with van der Waals surface area (Å²) in [7, 11) is -4.88. The van der Waals surface area contributed by atoms with Crippen molar-refractivity contribution in [3.8, 4) is 0 Å². The van der Waals surface area contributed by atoms with Crippen LogP contribution in [0.1, 0.15) is 12.8 Å². The highest BCUT2D eigenvalue weighted by Gasteiger charge is 2.45. The van der Waals surface area contributed by atoms with Gasteiger partial charge in [-0.1, -0.05) is 15.9 Å². The van der Waals surface area contributed by atoms with Crippen LogP contribution < -0.4 is 0 Å². The Morgan fingerprint density at radius 1 is 1.41 bits per heavy atom. The molecule has 0 rings (SSSR count). The highest BCUT2D eigenvalue weighted by atomic mass is 79.9. The van der Waals surface area contributed by atoms with Gasteiger partial charge in [0.25, 0.3) is 10.1 Å². The molecule has 0 aromatic heterocycles. The molecule has 5 nitrogen and oxygen atoms in total. The minimum Gasteiger partial charge on any atom is -0.451 e. The number of carbonyl (C=O) groups is 1. The van der Waals surface area contributed by atoms with Crippen molar-refractivity contribution in [2.75, 3.05) is 11.1 Å². The fourth-order valence-electron chi connectivity index (χ4n) is 0.815. The summed E-state index contributed by atoms with van der Waals surface area (Å²) < 4.78 is 69.8. The third-order valence-electron chi connectivity index (χ3n) is 1.52. The van der Waals surface area contributed by atoms with Crippen LogP contribution in [0.5, 0.6) is 0 Å². The van der Waals surface area contributed by atoms with Crippen molar-refractivity contribution in [2.45, 2.75) is 25.1 Å². The van der Waals surface area contributed by atoms with Crippen LogP contribution in [-0.2, 0) is 19.6 Å². The average molecular weight is 343 g/mol. The van der Waals surface area contributed by atoms with E-state index in [1.54, 1.807) is 0 Å². The Morgan fingerprint density at radius 2 is 1.94 bits per heavy atom. The first kappa shape index (κ1) is 16.6. The summed E-state index contributed by atoms with van der Waals surface area (Å²) in [4.78, 5) is 10.9. The summed E-state index contributed by atoms with van der Waals surface area (Å²) in [6.07, 6.45) is -7.90. The Balaban J connectivity index is 4.57. The first-order valence-electron chi connectivity index (χ1n) is 4.33. The van der Waals surface area contributed by atoms with Gasteiger partial charge in [-0.05, 0) is 6.42 Å². The van der Waals surface area contributed by atoms with E-state index in [-0.39, 0.29) is 12.8 Å². The second kappa shape index (κ2) is 6.55. The van der Waals surface area contributed by atoms with Crippen LogP contribution in [0, 0.1) is 0 Å². The van der Waals surface area contributed by atoms with Crippen LogP contribution in [0.4, 0.5) is 13.2 Å². The highest BCUT2D eigenvalue weighted by Crippen LogP contribution is 2.24. The molecule has 0 bridgehead atoms. The van der Waals surface area contributed by atoms with Gasteiger partial charge in [-0.25, -0.2) is 0 Å². The number of hydrogen-bond acceptors (Lipinski definition) is 4. The Morgan fingerprint density at radius 3 is 2.29 bits per heavy atom. The molecule has 0 heterocycles. The Bertz CT molecular complexity index is 353. The zero-order chi connectivity index (χ0) is 13.7. The number of carbonyl (C=O) groups excluding carboxylic acids is 1. The van der Waals surface area contributed by atoms with Crippen molar-refractivity contribution in [1.29, 1.82) is 0 Å². The van der Waals surface area contributed by atoms with E-state index in [1.165, 1.54) is 0 Å². The highest BCUT2D eigenvalue weighted by molar-refractivity contribution is 9.09. The molecule has 0 amide bonds. The fraction of sp³-hybridized carbons (Fsp3) is 0.857. The molecule has 17 heavy (non-hydrogen) atoms. The maximum absolute atomic E-state index is 12.3. The molecule has 1 N–H and O–H groups in total. The number of halogens is 4. The third kappa shape index (κ3) is 8.38. The van der Waals surface area contributed by atoms with Crippen LogP contribution in [-0.4, -0.2) is 42.3 Å². The number of alkyl halides is 4. The first-order chi connectivity index (χ1) is 7.56. The van der Waals surface area contributed by atoms with Gasteiger partial charge < -0.3 is 4.74 Å². The molecule has 102 valence electrons. The van der Waals surface area contributed by atoms with Crippen molar-refractivity contribution in [1.82, 2.24) is 0 Å². The molecule has 0 fully saturated rings. The lowest BCUT2D eigenvalue weighted by Crippen LogP contribution is -2.39. The second-order valence-electron chi connectivity index (χ2n) is 3.06. The molecule has 0 aliphatic rings. The van der Waals surface area contributed by atoms with Gasteiger partial charge in [-0.15, -0.1) is 0 Å². The van der Waals surface area contributed by atoms with Gasteiger partial charge in [0.05, 0.1) is 0 Å². The van der Waals surface area contributed by atoms with Crippen molar-refractivity contribution in [2.24, 2.45) is 0 Å². The summed E-state index contributed by atoms with van der Waals surface area (Å²) in [5, 5.41) is 0.400. The third-order valence-corrected chi connectivity index (χ3v) is 2.80. The standard InChI is InChI=1S/C7H10BrF3O5S/c8-3-1-2-6(12)16-5(7(9,10)11)4-17(13,14)15/h5H,1-4H2,(H,13,14,15). The number of hydrogen-bond donors (Lipinski definition) is 1. The van der Waals surface area contributed by atoms with Gasteiger partial charge in [0.1, 0.15) is 5.75 Å². The minimum absolute atomic E-state index is 0.259. The zero-order valence-corrected chi connectivity index (χ0v) is 10.8. The number of rotatable bonds is 6. The van der Waals surface area contributed by atoms with E-state index in [0.29, 0.717) is 5.33 Å². The van der Waals surface area contributed by atoms with Gasteiger partial charge in [0, 0.05) is 11.8 Å². The van der Waals surface area contributed by atoms with Gasteiger partial charge >= 0.3 is 12.1 Å². The average Bonchev–Trinajstić information content (AvgIpc) is 2.10. The van der Waals surface area contributed by atoms with Gasteiger partial charge in [0.2, 0.25) is 6.10 Å². The lowest BCUT2D eigenvalue weighted by Gasteiger charge is -2.19. The summed E-state index contributed by atoms with van der Waals surface area (Å²) in [6, 6.07) is 0. The van der Waals surface area contributed by atoms with E-state index >= 15 is 0 Å². The lowest BCUT2D eigenvalue weighted by atomic mass is 10.3.